The molecule has 0 heterocycles. The number of aromatic carboxylic acids is 1. The van der Waals surface area contributed by atoms with Gasteiger partial charge in [0.1, 0.15) is 0 Å². The van der Waals surface area contributed by atoms with Crippen molar-refractivity contribution in [1.82, 2.24) is 0 Å². The first kappa shape index (κ1) is 15.6. The highest BCUT2D eigenvalue weighted by atomic mass is 16.5. The number of benzene rings is 2. The van der Waals surface area contributed by atoms with E-state index in [9.17, 15) is 9.90 Å². The van der Waals surface area contributed by atoms with Crippen LogP contribution < -0.4 is 9.47 Å². The van der Waals surface area contributed by atoms with Crippen LogP contribution in [0.1, 0.15) is 27.0 Å². The number of hydrogen-bond acceptors (Lipinski definition) is 3. The number of hydrogen-bond donors (Lipinski definition) is 1. The van der Waals surface area contributed by atoms with Crippen LogP contribution in [0.4, 0.5) is 0 Å². The van der Waals surface area contributed by atoms with Crippen molar-refractivity contribution in [3.8, 4) is 11.5 Å². The second kappa shape index (κ2) is 6.80. The first-order chi connectivity index (χ1) is 10.5. The molecule has 2 aromatic rings. The van der Waals surface area contributed by atoms with Crippen molar-refractivity contribution in [2.75, 3.05) is 14.2 Å². The molecule has 2 aromatic carbocycles. The van der Waals surface area contributed by atoms with Gasteiger partial charge in [0.2, 0.25) is 0 Å². The van der Waals surface area contributed by atoms with E-state index >= 15 is 0 Å². The Morgan fingerprint density at radius 2 is 1.59 bits per heavy atom. The van der Waals surface area contributed by atoms with Crippen molar-refractivity contribution in [1.29, 1.82) is 0 Å². The first-order valence-electron chi connectivity index (χ1n) is 6.79. The highest BCUT2D eigenvalue weighted by Crippen LogP contribution is 2.31. The Labute approximate surface area is 129 Å². The maximum absolute atomic E-state index is 11.4. The van der Waals surface area contributed by atoms with Gasteiger partial charge in [0.05, 0.1) is 19.8 Å². The monoisotopic (exact) mass is 298 g/mol. The minimum absolute atomic E-state index is 0.168. The third kappa shape index (κ3) is 3.47. The summed E-state index contributed by atoms with van der Waals surface area (Å²) in [5.41, 5.74) is 2.90. The molecule has 0 unspecified atom stereocenters. The second-order valence-electron chi connectivity index (χ2n) is 4.84. The third-order valence-corrected chi connectivity index (χ3v) is 3.32. The second-order valence-corrected chi connectivity index (χ2v) is 4.84. The van der Waals surface area contributed by atoms with Gasteiger partial charge in [0, 0.05) is 0 Å². The predicted molar refractivity (Wildman–Crippen MR) is 86.6 cm³/mol. The molecule has 1 N–H and O–H groups in total. The van der Waals surface area contributed by atoms with Crippen molar-refractivity contribution >= 4 is 18.1 Å². The fourth-order valence-electron chi connectivity index (χ4n) is 2.08. The summed E-state index contributed by atoms with van der Waals surface area (Å²) in [6.45, 7) is 2.02. The van der Waals surface area contributed by atoms with Crippen molar-refractivity contribution in [3.63, 3.8) is 0 Å². The van der Waals surface area contributed by atoms with E-state index in [1.54, 1.807) is 12.1 Å². The Morgan fingerprint density at radius 1 is 1.00 bits per heavy atom. The van der Waals surface area contributed by atoms with E-state index in [1.807, 2.05) is 37.3 Å². The molecule has 0 saturated carbocycles. The van der Waals surface area contributed by atoms with Gasteiger partial charge in [-0.2, -0.15) is 0 Å². The maximum Gasteiger partial charge on any atom is 0.336 e. The molecule has 0 aromatic heterocycles. The summed E-state index contributed by atoms with van der Waals surface area (Å²) in [6.07, 6.45) is 3.63. The summed E-state index contributed by atoms with van der Waals surface area (Å²) in [5.74, 6) is -0.118. The third-order valence-electron chi connectivity index (χ3n) is 3.32. The molecule has 0 aliphatic rings. The van der Waals surface area contributed by atoms with Gasteiger partial charge in [-0.1, -0.05) is 42.0 Å². The lowest BCUT2D eigenvalue weighted by Gasteiger charge is -2.10. The molecule has 4 nitrogen and oxygen atoms in total. The summed E-state index contributed by atoms with van der Waals surface area (Å²) in [4.78, 5) is 11.4. The largest absolute Gasteiger partial charge is 0.493 e. The Bertz CT molecular complexity index is 700. The lowest BCUT2D eigenvalue weighted by Crippen LogP contribution is -2.02. The van der Waals surface area contributed by atoms with Crippen LogP contribution in [0.2, 0.25) is 0 Å². The van der Waals surface area contributed by atoms with E-state index in [2.05, 4.69) is 0 Å². The van der Waals surface area contributed by atoms with Crippen molar-refractivity contribution in [3.05, 3.63) is 58.7 Å². The number of aryl methyl sites for hydroxylation is 1. The molecule has 0 atom stereocenters. The van der Waals surface area contributed by atoms with Crippen molar-refractivity contribution in [2.45, 2.75) is 6.92 Å². The number of carboxylic acids is 1. The number of carboxylic acid groups (broad SMARTS) is 1. The molecule has 4 heteroatoms. The van der Waals surface area contributed by atoms with Crippen LogP contribution in [-0.4, -0.2) is 25.3 Å². The summed E-state index contributed by atoms with van der Waals surface area (Å²) < 4.78 is 10.4. The number of carbonyl (C=O) groups is 1. The molecule has 0 radical (unpaired) electrons. The van der Waals surface area contributed by atoms with Crippen LogP contribution >= 0.6 is 0 Å². The average Bonchev–Trinajstić information content (AvgIpc) is 2.53. The van der Waals surface area contributed by atoms with E-state index in [4.69, 9.17) is 9.47 Å². The van der Waals surface area contributed by atoms with Crippen LogP contribution in [0.5, 0.6) is 11.5 Å². The molecule has 0 spiro atoms. The predicted octanol–water partition coefficient (Wildman–Crippen LogP) is 3.88. The van der Waals surface area contributed by atoms with Crippen LogP contribution in [-0.2, 0) is 0 Å². The highest BCUT2D eigenvalue weighted by molar-refractivity contribution is 5.94. The zero-order valence-electron chi connectivity index (χ0n) is 12.8. The van der Waals surface area contributed by atoms with Gasteiger partial charge in [-0.25, -0.2) is 4.79 Å². The SMILES string of the molecule is COc1cc(/C=C/c2ccc(C)cc2)c(C(=O)O)cc1OC. The molecule has 0 saturated heterocycles. The average molecular weight is 298 g/mol. The zero-order chi connectivity index (χ0) is 16.1. The van der Waals surface area contributed by atoms with Crippen LogP contribution in [0.25, 0.3) is 12.2 Å². The Morgan fingerprint density at radius 3 is 2.14 bits per heavy atom. The van der Waals surface area contributed by atoms with Gasteiger partial charge in [-0.15, -0.1) is 0 Å². The number of rotatable bonds is 5. The Kier molecular flexibility index (Phi) is 4.84. The van der Waals surface area contributed by atoms with Gasteiger partial charge in [0.25, 0.3) is 0 Å². The fraction of sp³-hybridized carbons (Fsp3) is 0.167. The molecule has 0 aliphatic heterocycles. The number of ether oxygens (including phenoxy) is 2. The van der Waals surface area contributed by atoms with Gasteiger partial charge >= 0.3 is 5.97 Å². The van der Waals surface area contributed by atoms with Crippen LogP contribution in [0.15, 0.2) is 36.4 Å². The molecule has 0 amide bonds. The lowest BCUT2D eigenvalue weighted by atomic mass is 10.0. The molecular weight excluding hydrogens is 280 g/mol. The Balaban J connectivity index is 2.44. The lowest BCUT2D eigenvalue weighted by molar-refractivity contribution is 0.0696. The fourth-order valence-corrected chi connectivity index (χ4v) is 2.08. The summed E-state index contributed by atoms with van der Waals surface area (Å²) in [7, 11) is 3.00. The minimum atomic E-state index is -1.01. The van der Waals surface area contributed by atoms with Crippen molar-refractivity contribution in [2.24, 2.45) is 0 Å². The van der Waals surface area contributed by atoms with E-state index in [0.717, 1.165) is 5.56 Å². The molecule has 0 bridgehead atoms. The molecular formula is C18H18O4. The zero-order valence-corrected chi connectivity index (χ0v) is 12.8. The topological polar surface area (TPSA) is 55.8 Å². The van der Waals surface area contributed by atoms with Gasteiger partial charge in [-0.05, 0) is 30.2 Å². The van der Waals surface area contributed by atoms with E-state index in [0.29, 0.717) is 17.1 Å². The smallest absolute Gasteiger partial charge is 0.336 e. The molecule has 0 fully saturated rings. The summed E-state index contributed by atoms with van der Waals surface area (Å²) in [6, 6.07) is 11.1. The highest BCUT2D eigenvalue weighted by Gasteiger charge is 2.14. The van der Waals surface area contributed by atoms with Crippen molar-refractivity contribution < 1.29 is 19.4 Å². The summed E-state index contributed by atoms with van der Waals surface area (Å²) >= 11 is 0. The van der Waals surface area contributed by atoms with Gasteiger partial charge in [0.15, 0.2) is 11.5 Å². The summed E-state index contributed by atoms with van der Waals surface area (Å²) in [5, 5.41) is 9.35. The normalized spacial score (nSPS) is 10.7. The Hall–Kier alpha value is -2.75. The van der Waals surface area contributed by atoms with E-state index in [1.165, 1.54) is 25.8 Å². The van der Waals surface area contributed by atoms with E-state index in [-0.39, 0.29) is 5.56 Å². The molecule has 22 heavy (non-hydrogen) atoms. The molecule has 2 rings (SSSR count). The number of methoxy groups -OCH3 is 2. The molecule has 0 aliphatic carbocycles. The van der Waals surface area contributed by atoms with E-state index < -0.39 is 5.97 Å². The quantitative estimate of drug-likeness (QED) is 0.851. The minimum Gasteiger partial charge on any atom is -0.493 e. The van der Waals surface area contributed by atoms with Gasteiger partial charge in [-0.3, -0.25) is 0 Å². The van der Waals surface area contributed by atoms with Gasteiger partial charge < -0.3 is 14.6 Å². The van der Waals surface area contributed by atoms with Crippen LogP contribution in [0, 0.1) is 6.92 Å². The first-order valence-corrected chi connectivity index (χ1v) is 6.79. The van der Waals surface area contributed by atoms with Crippen LogP contribution in [0.3, 0.4) is 0 Å². The molecule has 114 valence electrons. The standard InChI is InChI=1S/C18H18O4/c1-12-4-6-13(7-5-12)8-9-14-10-16(21-2)17(22-3)11-15(14)18(19)20/h4-11H,1-3H3,(H,19,20)/b9-8+. The maximum atomic E-state index is 11.4.